The summed E-state index contributed by atoms with van der Waals surface area (Å²) in [7, 11) is 0. The largest absolute Gasteiger partial charge is 0.335 e. The smallest absolute Gasteiger partial charge is 0.319 e. The molecule has 1 spiro atoms. The zero-order chi connectivity index (χ0) is 15.2. The van der Waals surface area contributed by atoms with E-state index in [0.717, 1.165) is 17.7 Å². The number of nitrogens with one attached hydrogen (secondary N) is 2. The van der Waals surface area contributed by atoms with Crippen molar-refractivity contribution in [3.8, 4) is 0 Å². The van der Waals surface area contributed by atoms with Crippen molar-refractivity contribution in [2.75, 3.05) is 5.32 Å². The van der Waals surface area contributed by atoms with Gasteiger partial charge < -0.3 is 10.6 Å². The quantitative estimate of drug-likeness (QED) is 0.895. The molecular weight excluding hydrogens is 278 g/mol. The van der Waals surface area contributed by atoms with Crippen LogP contribution in [0.25, 0.3) is 5.65 Å². The number of aromatic nitrogens is 3. The molecule has 2 N–H and O–H groups in total. The number of amides is 2. The monoisotopic (exact) mass is 299 g/mol. The number of anilines is 1. The van der Waals surface area contributed by atoms with E-state index in [1.165, 1.54) is 38.4 Å². The van der Waals surface area contributed by atoms with Gasteiger partial charge >= 0.3 is 6.03 Å². The molecule has 2 amide bonds. The molecule has 1 atom stereocenters. The highest BCUT2D eigenvalue weighted by atomic mass is 16.2. The standard InChI is InChI=1S/C16H21N5O/c1-11-5-8-21-14(17-10-18-21)13(11)20-15(22)19-12-9-16(12)6-3-2-4-7-16/h5,8,10,12H,2-4,6-7,9H2,1H3,(H2,19,20,22). The summed E-state index contributed by atoms with van der Waals surface area (Å²) in [5.74, 6) is 0. The van der Waals surface area contributed by atoms with Gasteiger partial charge in [0.05, 0.1) is 5.69 Å². The topological polar surface area (TPSA) is 71.3 Å². The highest BCUT2D eigenvalue weighted by Gasteiger charge is 2.54. The fraction of sp³-hybridized carbons (Fsp3) is 0.562. The Morgan fingerprint density at radius 3 is 3.00 bits per heavy atom. The number of rotatable bonds is 2. The summed E-state index contributed by atoms with van der Waals surface area (Å²) in [5, 5.41) is 10.2. The summed E-state index contributed by atoms with van der Waals surface area (Å²) in [6, 6.07) is 2.13. The molecule has 0 aliphatic heterocycles. The van der Waals surface area contributed by atoms with Gasteiger partial charge in [0, 0.05) is 12.2 Å². The second-order valence-corrected chi connectivity index (χ2v) is 6.68. The average molecular weight is 299 g/mol. The van der Waals surface area contributed by atoms with E-state index in [1.54, 1.807) is 4.52 Å². The molecule has 0 saturated heterocycles. The number of carbonyl (C=O) groups is 1. The Kier molecular flexibility index (Phi) is 3.06. The second-order valence-electron chi connectivity index (χ2n) is 6.68. The van der Waals surface area contributed by atoms with Crippen LogP contribution in [0.3, 0.4) is 0 Å². The summed E-state index contributed by atoms with van der Waals surface area (Å²) in [4.78, 5) is 16.5. The molecule has 2 fully saturated rings. The Morgan fingerprint density at radius 2 is 2.18 bits per heavy atom. The lowest BCUT2D eigenvalue weighted by molar-refractivity contribution is 0.247. The van der Waals surface area contributed by atoms with Crippen LogP contribution in [0.2, 0.25) is 0 Å². The third kappa shape index (κ3) is 2.23. The number of hydrogen-bond acceptors (Lipinski definition) is 3. The molecule has 0 radical (unpaired) electrons. The first kappa shape index (κ1) is 13.5. The number of hydrogen-bond donors (Lipinski definition) is 2. The minimum Gasteiger partial charge on any atom is -0.335 e. The van der Waals surface area contributed by atoms with Crippen molar-refractivity contribution in [1.29, 1.82) is 0 Å². The normalized spacial score (nSPS) is 22.7. The number of pyridine rings is 1. The van der Waals surface area contributed by atoms with Crippen LogP contribution < -0.4 is 10.6 Å². The van der Waals surface area contributed by atoms with Crippen LogP contribution in [-0.4, -0.2) is 26.7 Å². The summed E-state index contributed by atoms with van der Waals surface area (Å²) in [6.07, 6.45) is 10.9. The lowest BCUT2D eigenvalue weighted by Crippen LogP contribution is -2.34. The molecule has 1 unspecified atom stereocenters. The minimum atomic E-state index is -0.133. The van der Waals surface area contributed by atoms with Gasteiger partial charge in [0.2, 0.25) is 0 Å². The van der Waals surface area contributed by atoms with Gasteiger partial charge in [-0.1, -0.05) is 19.3 Å². The van der Waals surface area contributed by atoms with Crippen LogP contribution in [-0.2, 0) is 0 Å². The summed E-state index contributed by atoms with van der Waals surface area (Å²) >= 11 is 0. The Hall–Kier alpha value is -2.11. The van der Waals surface area contributed by atoms with Crippen molar-refractivity contribution in [3.05, 3.63) is 24.2 Å². The van der Waals surface area contributed by atoms with Crippen LogP contribution in [0, 0.1) is 12.3 Å². The molecular formula is C16H21N5O. The highest BCUT2D eigenvalue weighted by molar-refractivity contribution is 5.94. The maximum Gasteiger partial charge on any atom is 0.319 e. The molecule has 116 valence electrons. The van der Waals surface area contributed by atoms with Crippen LogP contribution in [0.15, 0.2) is 18.6 Å². The Morgan fingerprint density at radius 1 is 1.36 bits per heavy atom. The number of urea groups is 1. The van der Waals surface area contributed by atoms with Crippen LogP contribution in [0.1, 0.15) is 44.1 Å². The first-order valence-electron chi connectivity index (χ1n) is 8.04. The lowest BCUT2D eigenvalue weighted by Gasteiger charge is -2.22. The van der Waals surface area contributed by atoms with E-state index in [9.17, 15) is 4.79 Å². The molecule has 22 heavy (non-hydrogen) atoms. The van der Waals surface area contributed by atoms with E-state index in [2.05, 4.69) is 20.7 Å². The maximum atomic E-state index is 12.3. The SMILES string of the molecule is Cc1ccn2ncnc2c1NC(=O)NC1CC12CCCCC2. The van der Waals surface area contributed by atoms with Gasteiger partial charge in [0.25, 0.3) is 0 Å². The van der Waals surface area contributed by atoms with Crippen molar-refractivity contribution in [3.63, 3.8) is 0 Å². The fourth-order valence-electron chi connectivity index (χ4n) is 3.80. The summed E-state index contributed by atoms with van der Waals surface area (Å²) in [6.45, 7) is 1.96. The number of aryl methyl sites for hydroxylation is 1. The van der Waals surface area contributed by atoms with Crippen LogP contribution in [0.5, 0.6) is 0 Å². The molecule has 2 saturated carbocycles. The lowest BCUT2D eigenvalue weighted by atomic mass is 9.86. The van der Waals surface area contributed by atoms with E-state index in [0.29, 0.717) is 17.1 Å². The van der Waals surface area contributed by atoms with Crippen molar-refractivity contribution in [1.82, 2.24) is 19.9 Å². The number of nitrogens with zero attached hydrogens (tertiary/aromatic N) is 3. The van der Waals surface area contributed by atoms with E-state index < -0.39 is 0 Å². The zero-order valence-electron chi connectivity index (χ0n) is 12.8. The molecule has 2 aromatic heterocycles. The van der Waals surface area contributed by atoms with Gasteiger partial charge in [0.15, 0.2) is 5.65 Å². The van der Waals surface area contributed by atoms with Crippen molar-refractivity contribution >= 4 is 17.4 Å². The first-order chi connectivity index (χ1) is 10.7. The third-order valence-corrected chi connectivity index (χ3v) is 5.24. The zero-order valence-corrected chi connectivity index (χ0v) is 12.8. The van der Waals surface area contributed by atoms with Crippen molar-refractivity contribution in [2.24, 2.45) is 5.41 Å². The van der Waals surface area contributed by atoms with Gasteiger partial charge in [-0.3, -0.25) is 0 Å². The predicted molar refractivity (Wildman–Crippen MR) is 83.8 cm³/mol. The number of carbonyl (C=O) groups excluding carboxylic acids is 1. The van der Waals surface area contributed by atoms with E-state index in [4.69, 9.17) is 0 Å². The third-order valence-electron chi connectivity index (χ3n) is 5.24. The number of fused-ring (bicyclic) bond motifs is 1. The Labute approximate surface area is 129 Å². The predicted octanol–water partition coefficient (Wildman–Crippen LogP) is 2.88. The second kappa shape index (κ2) is 4.97. The van der Waals surface area contributed by atoms with E-state index in [1.807, 2.05) is 19.2 Å². The van der Waals surface area contributed by atoms with E-state index >= 15 is 0 Å². The van der Waals surface area contributed by atoms with Gasteiger partial charge in [-0.25, -0.2) is 14.3 Å². The fourth-order valence-corrected chi connectivity index (χ4v) is 3.80. The van der Waals surface area contributed by atoms with Crippen LogP contribution >= 0.6 is 0 Å². The minimum absolute atomic E-state index is 0.133. The molecule has 2 heterocycles. The highest BCUT2D eigenvalue weighted by Crippen LogP contribution is 2.56. The first-order valence-corrected chi connectivity index (χ1v) is 8.04. The van der Waals surface area contributed by atoms with Gasteiger partial charge in [-0.15, -0.1) is 0 Å². The van der Waals surface area contributed by atoms with Gasteiger partial charge in [0.1, 0.15) is 6.33 Å². The molecule has 4 rings (SSSR count). The summed E-state index contributed by atoms with van der Waals surface area (Å²) in [5.41, 5.74) is 2.79. The van der Waals surface area contributed by atoms with E-state index in [-0.39, 0.29) is 6.03 Å². The Bertz CT molecular complexity index is 716. The molecule has 6 nitrogen and oxygen atoms in total. The average Bonchev–Trinajstić information content (AvgIpc) is 2.96. The van der Waals surface area contributed by atoms with Crippen molar-refractivity contribution < 1.29 is 4.79 Å². The molecule has 2 aromatic rings. The summed E-state index contributed by atoms with van der Waals surface area (Å²) < 4.78 is 1.67. The van der Waals surface area contributed by atoms with Gasteiger partial charge in [-0.05, 0) is 43.2 Å². The molecule has 2 aliphatic carbocycles. The van der Waals surface area contributed by atoms with Crippen molar-refractivity contribution in [2.45, 2.75) is 51.5 Å². The van der Waals surface area contributed by atoms with Gasteiger partial charge in [-0.2, -0.15) is 5.10 Å². The molecule has 6 heteroatoms. The van der Waals surface area contributed by atoms with Crippen LogP contribution in [0.4, 0.5) is 10.5 Å². The molecule has 2 aliphatic rings. The maximum absolute atomic E-state index is 12.3. The molecule has 0 bridgehead atoms. The Balaban J connectivity index is 1.46. The molecule has 0 aromatic carbocycles.